The molecule has 0 aliphatic carbocycles. The van der Waals surface area contributed by atoms with E-state index in [9.17, 15) is 31.2 Å². The van der Waals surface area contributed by atoms with Crippen LogP contribution in [-0.4, -0.2) is 49.6 Å². The molecule has 13 heteroatoms. The van der Waals surface area contributed by atoms with Gasteiger partial charge in [-0.3, -0.25) is 4.79 Å². The number of fused-ring (bicyclic) bond motifs is 1. The van der Waals surface area contributed by atoms with Gasteiger partial charge in [0, 0.05) is 18.5 Å². The van der Waals surface area contributed by atoms with E-state index in [1.807, 2.05) is 11.0 Å². The van der Waals surface area contributed by atoms with E-state index in [-0.39, 0.29) is 17.9 Å². The molecule has 0 spiro atoms. The van der Waals surface area contributed by atoms with Gasteiger partial charge in [0.2, 0.25) is 10.0 Å². The molecule has 0 bridgehead atoms. The van der Waals surface area contributed by atoms with Crippen molar-refractivity contribution in [3.05, 3.63) is 34.6 Å². The number of nitrogens with zero attached hydrogens (tertiary/aromatic N) is 2. The third-order valence-corrected chi connectivity index (χ3v) is 5.99. The van der Waals surface area contributed by atoms with E-state index in [1.165, 1.54) is 4.89 Å². The van der Waals surface area contributed by atoms with Crippen LogP contribution in [0.15, 0.2) is 29.1 Å². The van der Waals surface area contributed by atoms with Crippen LogP contribution in [0.2, 0.25) is 0 Å². The van der Waals surface area contributed by atoms with E-state index in [0.717, 1.165) is 5.39 Å². The molecule has 0 radical (unpaired) electrons. The van der Waals surface area contributed by atoms with Gasteiger partial charge in [0.25, 0.3) is 5.56 Å². The van der Waals surface area contributed by atoms with Gasteiger partial charge in [-0.05, 0) is 36.1 Å². The minimum atomic E-state index is -5.28. The second kappa shape index (κ2) is 8.60. The Kier molecular flexibility index (Phi) is 6.31. The predicted molar refractivity (Wildman–Crippen MR) is 101 cm³/mol. The van der Waals surface area contributed by atoms with Crippen molar-refractivity contribution in [2.24, 2.45) is 5.92 Å². The smallest absolute Gasteiger partial charge is 0.355 e. The average Bonchev–Trinajstić information content (AvgIpc) is 2.71. The van der Waals surface area contributed by atoms with Gasteiger partial charge in [0.1, 0.15) is 0 Å². The Hall–Kier alpha value is -2.67. The number of sulfonamides is 1. The number of nitrogens with one attached hydrogen (secondary N) is 2. The quantitative estimate of drug-likeness (QED) is 0.642. The van der Waals surface area contributed by atoms with Crippen LogP contribution in [0, 0.1) is 5.92 Å². The van der Waals surface area contributed by atoms with Crippen LogP contribution < -0.4 is 15.3 Å². The first-order valence-electron chi connectivity index (χ1n) is 9.06. The van der Waals surface area contributed by atoms with Crippen LogP contribution in [0.1, 0.15) is 19.3 Å². The summed E-state index contributed by atoms with van der Waals surface area (Å²) in [7, 11) is -4.19. The fourth-order valence-electron chi connectivity index (χ4n) is 3.30. The van der Waals surface area contributed by atoms with Gasteiger partial charge in [-0.25, -0.2) is 18.3 Å². The number of piperidine rings is 1. The minimum Gasteiger partial charge on any atom is -0.355 e. The lowest BCUT2D eigenvalue weighted by atomic mass is 9.94. The maximum absolute atomic E-state index is 12.1. The zero-order valence-electron chi connectivity index (χ0n) is 15.6. The maximum Gasteiger partial charge on any atom is 0.492 e. The molecule has 1 saturated heterocycles. The molecule has 164 valence electrons. The lowest BCUT2D eigenvalue weighted by Crippen LogP contribution is -2.37. The van der Waals surface area contributed by atoms with Gasteiger partial charge in [0.15, 0.2) is 5.82 Å². The summed E-state index contributed by atoms with van der Waals surface area (Å²) >= 11 is 0. The second-order valence-corrected chi connectivity index (χ2v) is 8.73. The van der Waals surface area contributed by atoms with Crippen LogP contribution >= 0.6 is 0 Å². The predicted octanol–water partition coefficient (Wildman–Crippen LogP) is 1.47. The molecule has 9 nitrogen and oxygen atoms in total. The van der Waals surface area contributed by atoms with Crippen LogP contribution in [0.4, 0.5) is 19.0 Å². The van der Waals surface area contributed by atoms with Crippen LogP contribution in [0.3, 0.4) is 0 Å². The number of halogens is 3. The fraction of sp³-hybridized carbons (Fsp3) is 0.471. The van der Waals surface area contributed by atoms with Gasteiger partial charge in [-0.15, -0.1) is 0 Å². The summed E-state index contributed by atoms with van der Waals surface area (Å²) in [4.78, 5) is 29.3. The Morgan fingerprint density at radius 1 is 1.23 bits per heavy atom. The van der Waals surface area contributed by atoms with E-state index in [4.69, 9.17) is 0 Å². The second-order valence-electron chi connectivity index (χ2n) is 6.93. The monoisotopic (exact) mass is 448 g/mol. The van der Waals surface area contributed by atoms with Gasteiger partial charge < -0.3 is 9.74 Å². The normalized spacial score (nSPS) is 16.0. The van der Waals surface area contributed by atoms with Crippen molar-refractivity contribution in [1.29, 1.82) is 0 Å². The van der Waals surface area contributed by atoms with Gasteiger partial charge in [-0.2, -0.15) is 18.3 Å². The summed E-state index contributed by atoms with van der Waals surface area (Å²) in [6.45, 7) is 1.15. The molecule has 1 aliphatic rings. The van der Waals surface area contributed by atoms with E-state index < -0.39 is 27.9 Å². The molecule has 1 aromatic carbocycles. The molecule has 30 heavy (non-hydrogen) atoms. The molecule has 0 saturated carbocycles. The molecule has 1 aliphatic heterocycles. The van der Waals surface area contributed by atoms with Crippen molar-refractivity contribution in [3.63, 3.8) is 0 Å². The number of carbonyl (C=O) groups excluding carboxylic acids is 1. The SMILES string of the molecule is O=C(ONS(=O)(=O)CCC1CCN(c2n[nH]c(=O)c3ccccc23)CC1)C(F)(F)F. The van der Waals surface area contributed by atoms with Crippen molar-refractivity contribution in [3.8, 4) is 0 Å². The largest absolute Gasteiger partial charge is 0.492 e. The highest BCUT2D eigenvalue weighted by Gasteiger charge is 2.42. The van der Waals surface area contributed by atoms with E-state index in [1.54, 1.807) is 18.2 Å². The highest BCUT2D eigenvalue weighted by molar-refractivity contribution is 7.89. The van der Waals surface area contributed by atoms with Crippen LogP contribution in [0.25, 0.3) is 10.8 Å². The van der Waals surface area contributed by atoms with Crippen LogP contribution in [-0.2, 0) is 19.7 Å². The highest BCUT2D eigenvalue weighted by atomic mass is 32.2. The van der Waals surface area contributed by atoms with Crippen LogP contribution in [0.5, 0.6) is 0 Å². The highest BCUT2D eigenvalue weighted by Crippen LogP contribution is 2.28. The first-order valence-corrected chi connectivity index (χ1v) is 10.7. The summed E-state index contributed by atoms with van der Waals surface area (Å²) in [5.74, 6) is -2.44. The molecule has 0 amide bonds. The molecule has 0 atom stereocenters. The average molecular weight is 448 g/mol. The lowest BCUT2D eigenvalue weighted by molar-refractivity contribution is -0.203. The molecule has 3 rings (SSSR count). The Morgan fingerprint density at radius 2 is 1.87 bits per heavy atom. The summed E-state index contributed by atoms with van der Waals surface area (Å²) < 4.78 is 59.7. The number of alkyl halides is 3. The minimum absolute atomic E-state index is 0.0187. The van der Waals surface area contributed by atoms with E-state index in [0.29, 0.717) is 37.1 Å². The summed E-state index contributed by atoms with van der Waals surface area (Å²) in [5.41, 5.74) is -0.284. The number of aromatic nitrogens is 2. The number of anilines is 1. The summed E-state index contributed by atoms with van der Waals surface area (Å²) in [5, 5.41) is 7.86. The van der Waals surface area contributed by atoms with Gasteiger partial charge in [0.05, 0.1) is 11.1 Å². The molecule has 2 N–H and O–H groups in total. The lowest BCUT2D eigenvalue weighted by Gasteiger charge is -2.33. The number of rotatable bonds is 6. The fourth-order valence-corrected chi connectivity index (χ4v) is 4.23. The Morgan fingerprint density at radius 3 is 2.50 bits per heavy atom. The molecular formula is C17H19F3N4O5S. The third-order valence-electron chi connectivity index (χ3n) is 4.88. The molecule has 1 fully saturated rings. The maximum atomic E-state index is 12.1. The first kappa shape index (κ1) is 22.0. The first-order chi connectivity index (χ1) is 14.1. The number of hydrogen-bond donors (Lipinski definition) is 2. The summed E-state index contributed by atoms with van der Waals surface area (Å²) in [6.07, 6.45) is -3.82. The van der Waals surface area contributed by atoms with Crippen molar-refractivity contribution in [1.82, 2.24) is 15.1 Å². The zero-order valence-corrected chi connectivity index (χ0v) is 16.4. The van der Waals surface area contributed by atoms with E-state index in [2.05, 4.69) is 15.0 Å². The number of aromatic amines is 1. The van der Waals surface area contributed by atoms with Crippen molar-refractivity contribution >= 4 is 32.6 Å². The molecule has 2 heterocycles. The van der Waals surface area contributed by atoms with Gasteiger partial charge in [-0.1, -0.05) is 18.2 Å². The molecule has 1 aromatic heterocycles. The number of benzene rings is 1. The number of carbonyl (C=O) groups is 1. The topological polar surface area (TPSA) is 121 Å². The number of H-pyrrole nitrogens is 1. The Balaban J connectivity index is 1.54. The third kappa shape index (κ3) is 5.27. The number of hydrogen-bond acceptors (Lipinski definition) is 7. The van der Waals surface area contributed by atoms with Gasteiger partial charge >= 0.3 is 12.1 Å². The zero-order chi connectivity index (χ0) is 21.9. The van der Waals surface area contributed by atoms with E-state index >= 15 is 0 Å². The van der Waals surface area contributed by atoms with Crippen molar-refractivity contribution in [2.75, 3.05) is 23.7 Å². The standard InChI is InChI=1S/C17H19F3N4O5S/c18-17(19,20)16(26)29-23-30(27,28)10-7-11-5-8-24(9-6-11)14-12-3-1-2-4-13(12)15(25)22-21-14/h1-4,11,23H,5-10H2,(H,22,25). The molecular weight excluding hydrogens is 429 g/mol. The Bertz CT molecular complexity index is 1080. The summed E-state index contributed by atoms with van der Waals surface area (Å²) in [6, 6.07) is 7.08. The Labute approximate surface area is 169 Å². The van der Waals surface area contributed by atoms with Crippen molar-refractivity contribution < 1.29 is 31.2 Å². The molecule has 2 aromatic rings. The molecule has 0 unspecified atom stereocenters. The van der Waals surface area contributed by atoms with Crippen molar-refractivity contribution in [2.45, 2.75) is 25.4 Å².